The van der Waals surface area contributed by atoms with Crippen LogP contribution < -0.4 is 14.8 Å². The second kappa shape index (κ2) is 9.82. The number of esters is 2. The Bertz CT molecular complexity index is 988. The molecule has 0 saturated carbocycles. The number of amides is 1. The van der Waals surface area contributed by atoms with Crippen LogP contribution in [0.15, 0.2) is 18.2 Å². The molecule has 0 aliphatic carbocycles. The van der Waals surface area contributed by atoms with E-state index in [1.807, 2.05) is 0 Å². The number of ether oxygens (including phenoxy) is 4. The quantitative estimate of drug-likeness (QED) is 0.623. The summed E-state index contributed by atoms with van der Waals surface area (Å²) in [5.41, 5.74) is 0.0971. The molecule has 0 saturated heterocycles. The van der Waals surface area contributed by atoms with Crippen LogP contribution in [0.2, 0.25) is 0 Å². The highest BCUT2D eigenvalue weighted by Gasteiger charge is 2.29. The Labute approximate surface area is 185 Å². The van der Waals surface area contributed by atoms with Crippen LogP contribution >= 0.6 is 11.3 Å². The molecule has 1 amide bonds. The van der Waals surface area contributed by atoms with Crippen LogP contribution in [-0.4, -0.2) is 44.3 Å². The Morgan fingerprint density at radius 3 is 2.23 bits per heavy atom. The summed E-state index contributed by atoms with van der Waals surface area (Å²) in [6.45, 7) is 8.70. The number of rotatable bonds is 7. The largest absolute Gasteiger partial charge is 0.493 e. The molecule has 8 nitrogen and oxygen atoms in total. The first-order chi connectivity index (χ1) is 14.5. The Kier molecular flexibility index (Phi) is 7.67. The maximum Gasteiger partial charge on any atom is 0.349 e. The summed E-state index contributed by atoms with van der Waals surface area (Å²) in [5, 5.41) is 2.91. The highest BCUT2D eigenvalue weighted by atomic mass is 32.1. The van der Waals surface area contributed by atoms with Crippen LogP contribution in [-0.2, 0) is 9.47 Å². The molecule has 0 aliphatic heterocycles. The van der Waals surface area contributed by atoms with Gasteiger partial charge in [-0.25, -0.2) is 9.59 Å². The minimum absolute atomic E-state index is 0.126. The van der Waals surface area contributed by atoms with Crippen LogP contribution in [0.5, 0.6) is 11.5 Å². The zero-order valence-corrected chi connectivity index (χ0v) is 19.5. The molecule has 2 aromatic rings. The van der Waals surface area contributed by atoms with Crippen molar-refractivity contribution in [2.75, 3.05) is 26.1 Å². The van der Waals surface area contributed by atoms with Gasteiger partial charge in [-0.15, -0.1) is 11.3 Å². The standard InChI is InChI=1S/C22H27NO7S/c1-8-29-20(25)16-12(2)17(21(26)30-22(3,4)5)31-19(16)23-18(24)13-9-10-14(27-6)15(11-13)28-7/h9-11H,8H2,1-7H3,(H,23,24). The summed E-state index contributed by atoms with van der Waals surface area (Å²) >= 11 is 0.966. The lowest BCUT2D eigenvalue weighted by atomic mass is 10.1. The van der Waals surface area contributed by atoms with E-state index in [9.17, 15) is 14.4 Å². The number of anilines is 1. The third-order valence-corrected chi connectivity index (χ3v) is 5.27. The number of methoxy groups -OCH3 is 2. The highest BCUT2D eigenvalue weighted by molar-refractivity contribution is 7.18. The molecule has 0 aliphatic rings. The van der Waals surface area contributed by atoms with E-state index < -0.39 is 23.4 Å². The van der Waals surface area contributed by atoms with Gasteiger partial charge in [0.25, 0.3) is 5.91 Å². The smallest absolute Gasteiger partial charge is 0.349 e. The van der Waals surface area contributed by atoms with Gasteiger partial charge in [0.1, 0.15) is 15.5 Å². The molecular weight excluding hydrogens is 422 g/mol. The van der Waals surface area contributed by atoms with Crippen LogP contribution in [0.3, 0.4) is 0 Å². The molecule has 2 rings (SSSR count). The Morgan fingerprint density at radius 2 is 1.68 bits per heavy atom. The molecule has 1 aromatic carbocycles. The number of nitrogens with one attached hydrogen (secondary N) is 1. The van der Waals surface area contributed by atoms with Gasteiger partial charge in [-0.05, 0) is 58.4 Å². The van der Waals surface area contributed by atoms with E-state index in [1.54, 1.807) is 46.8 Å². The molecule has 0 spiro atoms. The number of hydrogen-bond acceptors (Lipinski definition) is 8. The van der Waals surface area contributed by atoms with E-state index in [4.69, 9.17) is 18.9 Å². The van der Waals surface area contributed by atoms with Crippen molar-refractivity contribution in [3.8, 4) is 11.5 Å². The molecule has 0 fully saturated rings. The van der Waals surface area contributed by atoms with Gasteiger partial charge < -0.3 is 24.3 Å². The van der Waals surface area contributed by atoms with Gasteiger partial charge in [0.05, 0.1) is 26.4 Å². The van der Waals surface area contributed by atoms with Crippen molar-refractivity contribution in [2.24, 2.45) is 0 Å². The van der Waals surface area contributed by atoms with Gasteiger partial charge in [0.15, 0.2) is 11.5 Å². The van der Waals surface area contributed by atoms with E-state index in [2.05, 4.69) is 5.32 Å². The monoisotopic (exact) mass is 449 g/mol. The highest BCUT2D eigenvalue weighted by Crippen LogP contribution is 2.36. The maximum atomic E-state index is 12.9. The second-order valence-electron chi connectivity index (χ2n) is 7.51. The van der Waals surface area contributed by atoms with E-state index in [-0.39, 0.29) is 27.6 Å². The number of benzene rings is 1. The average Bonchev–Trinajstić information content (AvgIpc) is 3.02. The first kappa shape index (κ1) is 24.2. The van der Waals surface area contributed by atoms with Gasteiger partial charge in [-0.2, -0.15) is 0 Å². The first-order valence-electron chi connectivity index (χ1n) is 9.59. The maximum absolute atomic E-state index is 12.9. The zero-order chi connectivity index (χ0) is 23.3. The topological polar surface area (TPSA) is 100 Å². The van der Waals surface area contributed by atoms with E-state index >= 15 is 0 Å². The van der Waals surface area contributed by atoms with Crippen LogP contribution in [0.4, 0.5) is 5.00 Å². The van der Waals surface area contributed by atoms with Crippen molar-refractivity contribution in [1.29, 1.82) is 0 Å². The molecule has 1 N–H and O–H groups in total. The molecule has 0 bridgehead atoms. The molecule has 0 unspecified atom stereocenters. The van der Waals surface area contributed by atoms with Gasteiger partial charge in [0, 0.05) is 5.56 Å². The van der Waals surface area contributed by atoms with Crippen molar-refractivity contribution in [2.45, 2.75) is 40.2 Å². The molecule has 168 valence electrons. The first-order valence-corrected chi connectivity index (χ1v) is 10.4. The van der Waals surface area contributed by atoms with Gasteiger partial charge >= 0.3 is 11.9 Å². The molecule has 9 heteroatoms. The third kappa shape index (κ3) is 5.75. The summed E-state index contributed by atoms with van der Waals surface area (Å²) in [5.74, 6) is -0.827. The summed E-state index contributed by atoms with van der Waals surface area (Å²) < 4.78 is 21.0. The van der Waals surface area contributed by atoms with Crippen molar-refractivity contribution in [3.63, 3.8) is 0 Å². The minimum atomic E-state index is -0.708. The second-order valence-corrected chi connectivity index (χ2v) is 8.53. The average molecular weight is 450 g/mol. The Balaban J connectivity index is 2.44. The minimum Gasteiger partial charge on any atom is -0.493 e. The number of thiophene rings is 1. The summed E-state index contributed by atoms with van der Waals surface area (Å²) in [7, 11) is 2.96. The van der Waals surface area contributed by atoms with Gasteiger partial charge in [-0.3, -0.25) is 4.79 Å². The lowest BCUT2D eigenvalue weighted by Gasteiger charge is -2.19. The predicted molar refractivity (Wildman–Crippen MR) is 118 cm³/mol. The Hall–Kier alpha value is -3.07. The van der Waals surface area contributed by atoms with Gasteiger partial charge in [0.2, 0.25) is 0 Å². The van der Waals surface area contributed by atoms with Crippen molar-refractivity contribution in [1.82, 2.24) is 0 Å². The SMILES string of the molecule is CCOC(=O)c1c(NC(=O)c2ccc(OC)c(OC)c2)sc(C(=O)OC(C)(C)C)c1C. The number of hydrogen-bond donors (Lipinski definition) is 1. The molecule has 1 aromatic heterocycles. The van der Waals surface area contributed by atoms with Crippen LogP contribution in [0.25, 0.3) is 0 Å². The van der Waals surface area contributed by atoms with Crippen LogP contribution in [0, 0.1) is 6.92 Å². The molecule has 1 heterocycles. The van der Waals surface area contributed by atoms with Crippen LogP contribution in [0.1, 0.15) is 63.6 Å². The number of carbonyl (C=O) groups excluding carboxylic acids is 3. The zero-order valence-electron chi connectivity index (χ0n) is 18.7. The van der Waals surface area contributed by atoms with Gasteiger partial charge in [-0.1, -0.05) is 0 Å². The third-order valence-electron chi connectivity index (χ3n) is 4.08. The summed E-state index contributed by atoms with van der Waals surface area (Å²) in [6.07, 6.45) is 0. The fraction of sp³-hybridized carbons (Fsp3) is 0.409. The Morgan fingerprint density at radius 1 is 1.03 bits per heavy atom. The molecule has 31 heavy (non-hydrogen) atoms. The van der Waals surface area contributed by atoms with Crippen molar-refractivity contribution in [3.05, 3.63) is 39.8 Å². The van der Waals surface area contributed by atoms with E-state index in [0.717, 1.165) is 11.3 Å². The molecule has 0 atom stereocenters. The van der Waals surface area contributed by atoms with Crippen molar-refractivity contribution < 1.29 is 33.3 Å². The molecular formula is C22H27NO7S. The van der Waals surface area contributed by atoms with E-state index in [0.29, 0.717) is 17.1 Å². The lowest BCUT2D eigenvalue weighted by molar-refractivity contribution is 0.00744. The lowest BCUT2D eigenvalue weighted by Crippen LogP contribution is -2.23. The van der Waals surface area contributed by atoms with E-state index in [1.165, 1.54) is 20.3 Å². The summed E-state index contributed by atoms with van der Waals surface area (Å²) in [4.78, 5) is 38.3. The fourth-order valence-electron chi connectivity index (χ4n) is 2.72. The normalized spacial score (nSPS) is 10.9. The summed E-state index contributed by atoms with van der Waals surface area (Å²) in [6, 6.07) is 4.69. The fourth-order valence-corrected chi connectivity index (χ4v) is 3.79. The number of carbonyl (C=O) groups is 3. The predicted octanol–water partition coefficient (Wildman–Crippen LogP) is 4.46. The molecule has 0 radical (unpaired) electrons. The van der Waals surface area contributed by atoms with Crippen molar-refractivity contribution >= 4 is 34.2 Å².